The number of methoxy groups -OCH3 is 1. The van der Waals surface area contributed by atoms with Crippen molar-refractivity contribution in [3.63, 3.8) is 0 Å². The van der Waals surface area contributed by atoms with E-state index >= 15 is 0 Å². The molecule has 1 aromatic carbocycles. The minimum atomic E-state index is -1.10. The first kappa shape index (κ1) is 17.1. The van der Waals surface area contributed by atoms with Crippen LogP contribution in [0.15, 0.2) is 18.2 Å². The number of thioether (sulfide) groups is 1. The molecule has 0 aliphatic rings. The lowest BCUT2D eigenvalue weighted by atomic mass is 10.2. The second-order valence-corrected chi connectivity index (χ2v) is 5.11. The second-order valence-electron chi connectivity index (χ2n) is 4.12. The molecule has 0 aromatic heterocycles. The topological polar surface area (TPSA) is 87.7 Å². The molecule has 0 unspecified atom stereocenters. The third-order valence-corrected chi connectivity index (χ3v) is 3.27. The van der Waals surface area contributed by atoms with Gasteiger partial charge in [0.2, 0.25) is 0 Å². The normalized spacial score (nSPS) is 11.6. The minimum absolute atomic E-state index is 0.00929. The van der Waals surface area contributed by atoms with E-state index < -0.39 is 23.9 Å². The zero-order valence-corrected chi connectivity index (χ0v) is 12.5. The van der Waals surface area contributed by atoms with Crippen LogP contribution in [0, 0.1) is 5.82 Å². The predicted octanol–water partition coefficient (Wildman–Crippen LogP) is 2.16. The standard InChI is InChI=1S/C13H17FN2O4S/c1-20-11-7-8(3-4-9(11)14)15-13(19)16-10(12(17)18)5-6-21-2/h3-4,7,10H,5-6H2,1-2H3,(H,17,18)(H2,15,16,19)/t10-/m0/s1. The maximum Gasteiger partial charge on any atom is 0.326 e. The number of carboxylic acid groups (broad SMARTS) is 1. The van der Waals surface area contributed by atoms with Gasteiger partial charge < -0.3 is 20.5 Å². The van der Waals surface area contributed by atoms with E-state index in [4.69, 9.17) is 9.84 Å². The number of rotatable bonds is 7. The molecule has 1 rings (SSSR count). The van der Waals surface area contributed by atoms with Gasteiger partial charge in [-0.25, -0.2) is 14.0 Å². The number of halogens is 1. The molecule has 0 saturated heterocycles. The fourth-order valence-corrected chi connectivity index (χ4v) is 2.03. The quantitative estimate of drug-likeness (QED) is 0.717. The SMILES string of the molecule is COc1cc(NC(=O)N[C@@H](CCSC)C(=O)O)ccc1F. The van der Waals surface area contributed by atoms with Crippen molar-refractivity contribution < 1.29 is 23.8 Å². The molecule has 2 amide bonds. The summed E-state index contributed by atoms with van der Waals surface area (Å²) in [6.07, 6.45) is 2.17. The van der Waals surface area contributed by atoms with Crippen LogP contribution in [0.3, 0.4) is 0 Å². The number of urea groups is 1. The van der Waals surface area contributed by atoms with Crippen LogP contribution in [-0.2, 0) is 4.79 Å². The maximum absolute atomic E-state index is 13.2. The summed E-state index contributed by atoms with van der Waals surface area (Å²) in [4.78, 5) is 22.8. The number of benzene rings is 1. The van der Waals surface area contributed by atoms with Crippen molar-refractivity contribution >= 4 is 29.4 Å². The summed E-state index contributed by atoms with van der Waals surface area (Å²) < 4.78 is 18.0. The molecule has 0 radical (unpaired) electrons. The lowest BCUT2D eigenvalue weighted by Crippen LogP contribution is -2.43. The second kappa shape index (κ2) is 8.35. The number of hydrogen-bond acceptors (Lipinski definition) is 4. The van der Waals surface area contributed by atoms with E-state index in [9.17, 15) is 14.0 Å². The summed E-state index contributed by atoms with van der Waals surface area (Å²) in [5.74, 6) is -1.05. The van der Waals surface area contributed by atoms with Gasteiger partial charge in [-0.2, -0.15) is 11.8 Å². The Balaban J connectivity index is 2.65. The average Bonchev–Trinajstić information content (AvgIpc) is 2.45. The zero-order valence-electron chi connectivity index (χ0n) is 11.7. The molecule has 1 aromatic rings. The van der Waals surface area contributed by atoms with Crippen molar-refractivity contribution in [2.45, 2.75) is 12.5 Å². The predicted molar refractivity (Wildman–Crippen MR) is 79.5 cm³/mol. The Hall–Kier alpha value is -1.96. The molecular weight excluding hydrogens is 299 g/mol. The van der Waals surface area contributed by atoms with Crippen LogP contribution in [-0.4, -0.2) is 42.3 Å². The fourth-order valence-electron chi connectivity index (χ4n) is 1.56. The van der Waals surface area contributed by atoms with Gasteiger partial charge in [0.15, 0.2) is 11.6 Å². The first-order valence-electron chi connectivity index (χ1n) is 6.10. The molecule has 8 heteroatoms. The molecule has 0 fully saturated rings. The number of anilines is 1. The van der Waals surface area contributed by atoms with Gasteiger partial charge in [-0.3, -0.25) is 0 Å². The lowest BCUT2D eigenvalue weighted by Gasteiger charge is -2.15. The summed E-state index contributed by atoms with van der Waals surface area (Å²) in [6, 6.07) is 2.18. The van der Waals surface area contributed by atoms with Gasteiger partial charge >= 0.3 is 12.0 Å². The number of ether oxygens (including phenoxy) is 1. The van der Waals surface area contributed by atoms with Crippen molar-refractivity contribution in [1.29, 1.82) is 0 Å². The van der Waals surface area contributed by atoms with Crippen molar-refractivity contribution in [1.82, 2.24) is 5.32 Å². The highest BCUT2D eigenvalue weighted by atomic mass is 32.2. The van der Waals surface area contributed by atoms with Crippen LogP contribution in [0.2, 0.25) is 0 Å². The van der Waals surface area contributed by atoms with E-state index in [0.29, 0.717) is 17.9 Å². The molecule has 0 spiro atoms. The van der Waals surface area contributed by atoms with Crippen LogP contribution in [0.5, 0.6) is 5.75 Å². The van der Waals surface area contributed by atoms with E-state index in [-0.39, 0.29) is 5.75 Å². The van der Waals surface area contributed by atoms with Crippen LogP contribution < -0.4 is 15.4 Å². The molecule has 1 atom stereocenters. The molecule has 21 heavy (non-hydrogen) atoms. The van der Waals surface area contributed by atoms with Gasteiger partial charge in [0.05, 0.1) is 7.11 Å². The Bertz CT molecular complexity index is 513. The molecule has 0 heterocycles. The third-order valence-electron chi connectivity index (χ3n) is 2.62. The van der Waals surface area contributed by atoms with E-state index in [0.717, 1.165) is 6.07 Å². The number of amides is 2. The van der Waals surface area contributed by atoms with Crippen molar-refractivity contribution in [2.24, 2.45) is 0 Å². The van der Waals surface area contributed by atoms with Crippen molar-refractivity contribution in [3.05, 3.63) is 24.0 Å². The summed E-state index contributed by atoms with van der Waals surface area (Å²) in [7, 11) is 1.31. The van der Waals surface area contributed by atoms with E-state index in [1.165, 1.54) is 31.0 Å². The number of hydrogen-bond donors (Lipinski definition) is 3. The van der Waals surface area contributed by atoms with Crippen LogP contribution >= 0.6 is 11.8 Å². The Kier molecular flexibility index (Phi) is 6.80. The summed E-state index contributed by atoms with van der Waals surface area (Å²) in [5.41, 5.74) is 0.305. The minimum Gasteiger partial charge on any atom is -0.494 e. The molecule has 116 valence electrons. The highest BCUT2D eigenvalue weighted by Gasteiger charge is 2.19. The van der Waals surface area contributed by atoms with Crippen molar-refractivity contribution in [3.8, 4) is 5.75 Å². The smallest absolute Gasteiger partial charge is 0.326 e. The van der Waals surface area contributed by atoms with E-state index in [1.54, 1.807) is 0 Å². The Morgan fingerprint density at radius 1 is 1.48 bits per heavy atom. The third kappa shape index (κ3) is 5.50. The monoisotopic (exact) mass is 316 g/mol. The molecule has 0 aliphatic heterocycles. The number of carbonyl (C=O) groups excluding carboxylic acids is 1. The van der Waals surface area contributed by atoms with Gasteiger partial charge in [0.1, 0.15) is 6.04 Å². The van der Waals surface area contributed by atoms with E-state index in [2.05, 4.69) is 10.6 Å². The van der Waals surface area contributed by atoms with Crippen LogP contribution in [0.1, 0.15) is 6.42 Å². The maximum atomic E-state index is 13.2. The number of aliphatic carboxylic acids is 1. The Labute approximate surface area is 126 Å². The largest absolute Gasteiger partial charge is 0.494 e. The number of carboxylic acids is 1. The van der Waals surface area contributed by atoms with E-state index in [1.807, 2.05) is 6.26 Å². The fraction of sp³-hybridized carbons (Fsp3) is 0.385. The molecular formula is C13H17FN2O4S. The Morgan fingerprint density at radius 3 is 2.76 bits per heavy atom. The zero-order chi connectivity index (χ0) is 15.8. The summed E-state index contributed by atoms with van der Waals surface area (Å²) in [6.45, 7) is 0. The van der Waals surface area contributed by atoms with Crippen LogP contribution in [0.4, 0.5) is 14.9 Å². The lowest BCUT2D eigenvalue weighted by molar-refractivity contribution is -0.139. The molecule has 6 nitrogen and oxygen atoms in total. The molecule has 0 bridgehead atoms. The van der Waals surface area contributed by atoms with Gasteiger partial charge in [-0.05, 0) is 30.6 Å². The summed E-state index contributed by atoms with van der Waals surface area (Å²) >= 11 is 1.49. The van der Waals surface area contributed by atoms with Gasteiger partial charge in [-0.15, -0.1) is 0 Å². The number of carbonyl (C=O) groups is 2. The number of nitrogens with one attached hydrogen (secondary N) is 2. The highest BCUT2D eigenvalue weighted by Crippen LogP contribution is 2.21. The van der Waals surface area contributed by atoms with Crippen molar-refractivity contribution in [2.75, 3.05) is 24.4 Å². The average molecular weight is 316 g/mol. The first-order chi connectivity index (χ1) is 9.97. The highest BCUT2D eigenvalue weighted by molar-refractivity contribution is 7.98. The molecule has 3 N–H and O–H groups in total. The first-order valence-corrected chi connectivity index (χ1v) is 7.50. The van der Waals surface area contributed by atoms with Crippen LogP contribution in [0.25, 0.3) is 0 Å². The molecule has 0 aliphatic carbocycles. The van der Waals surface area contributed by atoms with Gasteiger partial charge in [-0.1, -0.05) is 0 Å². The summed E-state index contributed by atoms with van der Waals surface area (Å²) in [5, 5.41) is 13.8. The van der Waals surface area contributed by atoms with Gasteiger partial charge in [0.25, 0.3) is 0 Å². The van der Waals surface area contributed by atoms with Gasteiger partial charge in [0, 0.05) is 11.8 Å². The Morgan fingerprint density at radius 2 is 2.19 bits per heavy atom. The molecule has 0 saturated carbocycles.